The number of hydrogen-bond donors (Lipinski definition) is 1. The summed E-state index contributed by atoms with van der Waals surface area (Å²) in [6, 6.07) is 15.0. The molecule has 0 fully saturated rings. The number of nitrogens with zero attached hydrogens (tertiary/aromatic N) is 3. The highest BCUT2D eigenvalue weighted by Gasteiger charge is 2.15. The van der Waals surface area contributed by atoms with Crippen LogP contribution in [0.4, 0.5) is 5.95 Å². The first kappa shape index (κ1) is 18.9. The van der Waals surface area contributed by atoms with Gasteiger partial charge in [-0.05, 0) is 43.4 Å². The molecule has 0 bridgehead atoms. The van der Waals surface area contributed by atoms with Gasteiger partial charge in [0.15, 0.2) is 0 Å². The molecule has 1 aromatic heterocycles. The lowest BCUT2D eigenvalue weighted by Crippen LogP contribution is -2.27. The average molecular weight is 366 g/mol. The quantitative estimate of drug-likeness (QED) is 0.661. The number of carbonyl (C=O) groups is 1. The van der Waals surface area contributed by atoms with E-state index in [-0.39, 0.29) is 5.91 Å². The number of amides is 1. The Bertz CT molecular complexity index is 915. The van der Waals surface area contributed by atoms with Crippen LogP contribution in [0.3, 0.4) is 0 Å². The summed E-state index contributed by atoms with van der Waals surface area (Å²) in [5, 5.41) is 2.97. The number of methoxy groups -OCH3 is 1. The lowest BCUT2D eigenvalue weighted by molar-refractivity contribution is 0.102. The third-order valence-electron chi connectivity index (χ3n) is 4.75. The summed E-state index contributed by atoms with van der Waals surface area (Å²) < 4.78 is 7.29. The number of imidazole rings is 1. The standard InChI is InChI=1S/C21H26N4O2/c1-4-24(5-2)13-14-25-19-12-7-6-11-18(19)22-21(25)23-20(26)16-9-8-10-17(15-16)27-3/h6-12,15H,4-5,13-14H2,1-3H3,(H,22,23,26). The number of para-hydroxylation sites is 2. The highest BCUT2D eigenvalue weighted by Crippen LogP contribution is 2.21. The SMILES string of the molecule is CCN(CC)CCn1c(NC(=O)c2cccc(OC)c2)nc2ccccc21. The van der Waals surface area contributed by atoms with Gasteiger partial charge in [0, 0.05) is 18.7 Å². The molecule has 27 heavy (non-hydrogen) atoms. The minimum Gasteiger partial charge on any atom is -0.497 e. The summed E-state index contributed by atoms with van der Waals surface area (Å²) in [6.07, 6.45) is 0. The Kier molecular flexibility index (Phi) is 6.08. The summed E-state index contributed by atoms with van der Waals surface area (Å²) in [5.74, 6) is 1.02. The molecule has 0 atom stereocenters. The van der Waals surface area contributed by atoms with Crippen molar-refractivity contribution < 1.29 is 9.53 Å². The minimum atomic E-state index is -0.201. The Labute approximate surface area is 159 Å². The number of carbonyl (C=O) groups excluding carboxylic acids is 1. The van der Waals surface area contributed by atoms with E-state index in [4.69, 9.17) is 4.74 Å². The third-order valence-corrected chi connectivity index (χ3v) is 4.75. The first-order chi connectivity index (χ1) is 13.2. The molecule has 2 aromatic carbocycles. The number of hydrogen-bond acceptors (Lipinski definition) is 4. The smallest absolute Gasteiger partial charge is 0.258 e. The van der Waals surface area contributed by atoms with Crippen LogP contribution < -0.4 is 10.1 Å². The van der Waals surface area contributed by atoms with Crippen LogP contribution in [0.25, 0.3) is 11.0 Å². The number of fused-ring (bicyclic) bond motifs is 1. The van der Waals surface area contributed by atoms with Gasteiger partial charge in [-0.3, -0.25) is 10.1 Å². The minimum absolute atomic E-state index is 0.201. The molecule has 0 saturated heterocycles. The third kappa shape index (κ3) is 4.28. The lowest BCUT2D eigenvalue weighted by atomic mass is 10.2. The zero-order valence-corrected chi connectivity index (χ0v) is 16.1. The highest BCUT2D eigenvalue weighted by atomic mass is 16.5. The average Bonchev–Trinajstić information content (AvgIpc) is 3.06. The number of rotatable bonds is 8. The summed E-state index contributed by atoms with van der Waals surface area (Å²) in [7, 11) is 1.59. The monoisotopic (exact) mass is 366 g/mol. The molecule has 0 aliphatic heterocycles. The molecule has 142 valence electrons. The van der Waals surface area contributed by atoms with Crippen molar-refractivity contribution in [1.29, 1.82) is 0 Å². The van der Waals surface area contributed by atoms with Crippen LogP contribution in [0.15, 0.2) is 48.5 Å². The molecule has 6 nitrogen and oxygen atoms in total. The Morgan fingerprint density at radius 3 is 2.67 bits per heavy atom. The molecule has 6 heteroatoms. The van der Waals surface area contributed by atoms with Crippen LogP contribution in [0.5, 0.6) is 5.75 Å². The van der Waals surface area contributed by atoms with E-state index in [0.29, 0.717) is 17.3 Å². The fourth-order valence-electron chi connectivity index (χ4n) is 3.12. The topological polar surface area (TPSA) is 59.4 Å². The van der Waals surface area contributed by atoms with Crippen LogP contribution in [0, 0.1) is 0 Å². The van der Waals surface area contributed by atoms with E-state index >= 15 is 0 Å². The fraction of sp³-hybridized carbons (Fsp3) is 0.333. The highest BCUT2D eigenvalue weighted by molar-refractivity contribution is 6.04. The lowest BCUT2D eigenvalue weighted by Gasteiger charge is -2.19. The van der Waals surface area contributed by atoms with Crippen molar-refractivity contribution in [2.45, 2.75) is 20.4 Å². The predicted molar refractivity (Wildman–Crippen MR) is 108 cm³/mol. The summed E-state index contributed by atoms with van der Waals surface area (Å²) in [5.41, 5.74) is 2.43. The van der Waals surface area contributed by atoms with Gasteiger partial charge in [-0.15, -0.1) is 0 Å². The second-order valence-corrected chi connectivity index (χ2v) is 6.29. The molecule has 0 spiro atoms. The molecule has 0 saturated carbocycles. The van der Waals surface area contributed by atoms with E-state index in [1.54, 1.807) is 25.3 Å². The van der Waals surface area contributed by atoms with Crippen LogP contribution in [0.1, 0.15) is 24.2 Å². The Morgan fingerprint density at radius 2 is 1.93 bits per heavy atom. The van der Waals surface area contributed by atoms with Crippen molar-refractivity contribution in [1.82, 2.24) is 14.5 Å². The normalized spacial score (nSPS) is 11.1. The van der Waals surface area contributed by atoms with Gasteiger partial charge in [-0.2, -0.15) is 0 Å². The van der Waals surface area contributed by atoms with Gasteiger partial charge in [0.05, 0.1) is 18.1 Å². The largest absolute Gasteiger partial charge is 0.497 e. The van der Waals surface area contributed by atoms with Gasteiger partial charge in [0.1, 0.15) is 5.75 Å². The number of likely N-dealkylation sites (N-methyl/N-ethyl adjacent to an activating group) is 1. The van der Waals surface area contributed by atoms with Gasteiger partial charge in [-0.25, -0.2) is 4.98 Å². The molecular formula is C21H26N4O2. The molecule has 0 aliphatic rings. The van der Waals surface area contributed by atoms with E-state index < -0.39 is 0 Å². The van der Waals surface area contributed by atoms with Gasteiger partial charge in [0.2, 0.25) is 5.95 Å². The van der Waals surface area contributed by atoms with Crippen LogP contribution in [-0.4, -0.2) is 47.1 Å². The zero-order valence-electron chi connectivity index (χ0n) is 16.1. The van der Waals surface area contributed by atoms with E-state index in [2.05, 4.69) is 33.6 Å². The number of ether oxygens (including phenoxy) is 1. The van der Waals surface area contributed by atoms with Gasteiger partial charge < -0.3 is 14.2 Å². The molecule has 0 unspecified atom stereocenters. The van der Waals surface area contributed by atoms with Crippen molar-refractivity contribution in [3.63, 3.8) is 0 Å². The number of aromatic nitrogens is 2. The maximum Gasteiger partial charge on any atom is 0.258 e. The maximum absolute atomic E-state index is 12.7. The number of nitrogens with one attached hydrogen (secondary N) is 1. The zero-order chi connectivity index (χ0) is 19.2. The Hall–Kier alpha value is -2.86. The fourth-order valence-corrected chi connectivity index (χ4v) is 3.12. The summed E-state index contributed by atoms with van der Waals surface area (Å²) in [6.45, 7) is 7.95. The van der Waals surface area contributed by atoms with E-state index in [1.165, 1.54) is 0 Å². The molecule has 0 aliphatic carbocycles. The van der Waals surface area contributed by atoms with Crippen molar-refractivity contribution in [2.24, 2.45) is 0 Å². The first-order valence-corrected chi connectivity index (χ1v) is 9.29. The van der Waals surface area contributed by atoms with E-state index in [9.17, 15) is 4.79 Å². The summed E-state index contributed by atoms with van der Waals surface area (Å²) >= 11 is 0. The Morgan fingerprint density at radius 1 is 1.15 bits per heavy atom. The van der Waals surface area contributed by atoms with Crippen LogP contribution in [-0.2, 0) is 6.54 Å². The van der Waals surface area contributed by atoms with E-state index in [1.807, 2.05) is 30.3 Å². The Balaban J connectivity index is 1.88. The molecule has 1 heterocycles. The number of benzene rings is 2. The second-order valence-electron chi connectivity index (χ2n) is 6.29. The molecule has 3 rings (SSSR count). The second kappa shape index (κ2) is 8.68. The first-order valence-electron chi connectivity index (χ1n) is 9.29. The molecule has 1 N–H and O–H groups in total. The molecule has 1 amide bonds. The maximum atomic E-state index is 12.7. The van der Waals surface area contributed by atoms with Crippen molar-refractivity contribution in [2.75, 3.05) is 32.1 Å². The summed E-state index contributed by atoms with van der Waals surface area (Å²) in [4.78, 5) is 19.7. The number of anilines is 1. The van der Waals surface area contributed by atoms with Crippen LogP contribution >= 0.6 is 0 Å². The molecule has 3 aromatic rings. The predicted octanol–water partition coefficient (Wildman–Crippen LogP) is 3.64. The van der Waals surface area contributed by atoms with Crippen LogP contribution in [0.2, 0.25) is 0 Å². The molecular weight excluding hydrogens is 340 g/mol. The van der Waals surface area contributed by atoms with Gasteiger partial charge in [-0.1, -0.05) is 32.0 Å². The molecule has 0 radical (unpaired) electrons. The van der Waals surface area contributed by atoms with Crippen molar-refractivity contribution in [3.8, 4) is 5.75 Å². The van der Waals surface area contributed by atoms with Gasteiger partial charge >= 0.3 is 0 Å². The van der Waals surface area contributed by atoms with E-state index in [0.717, 1.165) is 37.2 Å². The van der Waals surface area contributed by atoms with Gasteiger partial charge in [0.25, 0.3) is 5.91 Å². The van der Waals surface area contributed by atoms with Crippen molar-refractivity contribution in [3.05, 3.63) is 54.1 Å². The van der Waals surface area contributed by atoms with Crippen molar-refractivity contribution >= 4 is 22.9 Å².